The smallest absolute Gasteiger partial charge is 0.257 e. The molecule has 1 amide bonds. The predicted molar refractivity (Wildman–Crippen MR) is 99.0 cm³/mol. The molecule has 0 unspecified atom stereocenters. The molecule has 0 aliphatic carbocycles. The van der Waals surface area contributed by atoms with Crippen molar-refractivity contribution in [2.75, 3.05) is 26.2 Å². The monoisotopic (exact) mass is 410 g/mol. The van der Waals surface area contributed by atoms with E-state index in [1.165, 1.54) is 0 Å². The summed E-state index contributed by atoms with van der Waals surface area (Å²) in [4.78, 5) is 14.8. The third-order valence-corrected chi connectivity index (χ3v) is 5.52. The van der Waals surface area contributed by atoms with Gasteiger partial charge in [0.05, 0.1) is 23.1 Å². The van der Waals surface area contributed by atoms with Crippen LogP contribution in [0, 0.1) is 18.8 Å². The lowest BCUT2D eigenvalue weighted by molar-refractivity contribution is 0.0781. The van der Waals surface area contributed by atoms with Gasteiger partial charge in [0.25, 0.3) is 5.91 Å². The van der Waals surface area contributed by atoms with Crippen LogP contribution in [-0.2, 0) is 0 Å². The van der Waals surface area contributed by atoms with E-state index in [9.17, 15) is 4.79 Å². The third-order valence-electron chi connectivity index (χ3n) is 4.99. The van der Waals surface area contributed by atoms with E-state index in [1.54, 1.807) is 6.20 Å². The van der Waals surface area contributed by atoms with Crippen LogP contribution in [0.25, 0.3) is 5.69 Å². The Bertz CT molecular complexity index is 734. The molecular weight excluding hydrogens is 392 g/mol. The number of amides is 1. The normalized spacial score (nSPS) is 22.3. The average Bonchev–Trinajstić information content (AvgIpc) is 3.22. The number of benzene rings is 1. The van der Waals surface area contributed by atoms with Gasteiger partial charge in [-0.05, 0) is 43.0 Å². The molecule has 1 N–H and O–H groups in total. The quantitative estimate of drug-likeness (QED) is 0.826. The number of hydrogen-bond acceptors (Lipinski definition) is 3. The van der Waals surface area contributed by atoms with Crippen LogP contribution in [-0.4, -0.2) is 46.8 Å². The first-order valence-electron chi connectivity index (χ1n) is 7.94. The first-order valence-corrected chi connectivity index (χ1v) is 8.73. The van der Waals surface area contributed by atoms with Crippen LogP contribution < -0.4 is 5.32 Å². The predicted octanol–water partition coefficient (Wildman–Crippen LogP) is 2.66. The van der Waals surface area contributed by atoms with Crippen molar-refractivity contribution in [3.05, 3.63) is 46.2 Å². The second-order valence-corrected chi connectivity index (χ2v) is 7.34. The molecule has 1 aromatic carbocycles. The summed E-state index contributed by atoms with van der Waals surface area (Å²) in [6.07, 6.45) is 1.70. The van der Waals surface area contributed by atoms with Gasteiger partial charge < -0.3 is 10.2 Å². The molecular formula is C17H20BrClN4O. The van der Waals surface area contributed by atoms with E-state index in [1.807, 2.05) is 40.8 Å². The second-order valence-electron chi connectivity index (χ2n) is 6.42. The van der Waals surface area contributed by atoms with E-state index in [4.69, 9.17) is 0 Å². The number of fused-ring (bicyclic) bond motifs is 1. The van der Waals surface area contributed by atoms with Crippen LogP contribution in [0.2, 0.25) is 0 Å². The molecule has 128 valence electrons. The average molecular weight is 412 g/mol. The number of likely N-dealkylation sites (tertiary alicyclic amines) is 1. The Hall–Kier alpha value is -1.37. The molecule has 0 spiro atoms. The minimum Gasteiger partial charge on any atom is -0.338 e. The molecule has 0 saturated carbocycles. The summed E-state index contributed by atoms with van der Waals surface area (Å²) < 4.78 is 2.86. The molecule has 5 nitrogen and oxygen atoms in total. The molecule has 2 atom stereocenters. The van der Waals surface area contributed by atoms with Crippen LogP contribution in [0.4, 0.5) is 0 Å². The van der Waals surface area contributed by atoms with Gasteiger partial charge in [0.1, 0.15) is 0 Å². The maximum Gasteiger partial charge on any atom is 0.257 e. The molecule has 3 heterocycles. The highest BCUT2D eigenvalue weighted by atomic mass is 79.9. The fraction of sp³-hybridized carbons (Fsp3) is 0.412. The number of carbonyl (C=O) groups excluding carboxylic acids is 1. The first-order chi connectivity index (χ1) is 11.1. The molecule has 7 heteroatoms. The Morgan fingerprint density at radius 2 is 1.83 bits per heavy atom. The Morgan fingerprint density at radius 1 is 1.21 bits per heavy atom. The van der Waals surface area contributed by atoms with Crippen molar-refractivity contribution in [1.29, 1.82) is 0 Å². The van der Waals surface area contributed by atoms with E-state index in [0.717, 1.165) is 42.0 Å². The summed E-state index contributed by atoms with van der Waals surface area (Å²) >= 11 is 3.44. The highest BCUT2D eigenvalue weighted by Crippen LogP contribution is 2.28. The number of carbonyl (C=O) groups is 1. The summed E-state index contributed by atoms with van der Waals surface area (Å²) in [5.74, 6) is 1.34. The first kappa shape index (κ1) is 17.5. The lowest BCUT2D eigenvalue weighted by atomic mass is 10.0. The fourth-order valence-corrected chi connectivity index (χ4v) is 3.92. The maximum atomic E-state index is 12.8. The number of nitrogens with one attached hydrogen (secondary N) is 1. The molecule has 2 fully saturated rings. The number of nitrogens with zero attached hydrogens (tertiary/aromatic N) is 3. The Kier molecular flexibility index (Phi) is 4.99. The summed E-state index contributed by atoms with van der Waals surface area (Å²) in [5.41, 5.74) is 2.57. The van der Waals surface area contributed by atoms with Crippen molar-refractivity contribution in [2.24, 2.45) is 11.8 Å². The summed E-state index contributed by atoms with van der Waals surface area (Å²) in [7, 11) is 0. The molecule has 0 radical (unpaired) electrons. The Balaban J connectivity index is 0.00000169. The van der Waals surface area contributed by atoms with Gasteiger partial charge in [0.2, 0.25) is 0 Å². The van der Waals surface area contributed by atoms with Gasteiger partial charge in [0, 0.05) is 30.7 Å². The Morgan fingerprint density at radius 3 is 2.46 bits per heavy atom. The van der Waals surface area contributed by atoms with Crippen LogP contribution in [0.5, 0.6) is 0 Å². The standard InChI is InChI=1S/C17H19BrN4O.ClH/c1-11-16(8-20-22(11)15-4-2-14(18)3-5-15)17(23)21-9-12-6-19-7-13(12)10-21;/h2-5,8,12-13,19H,6-7,9-10H2,1H3;1H/t12-,13+;. The molecule has 2 aromatic rings. The van der Waals surface area contributed by atoms with Crippen LogP contribution >= 0.6 is 28.3 Å². The van der Waals surface area contributed by atoms with E-state index in [-0.39, 0.29) is 18.3 Å². The number of halogens is 2. The van der Waals surface area contributed by atoms with Gasteiger partial charge >= 0.3 is 0 Å². The van der Waals surface area contributed by atoms with Crippen LogP contribution in [0.1, 0.15) is 16.1 Å². The van der Waals surface area contributed by atoms with Gasteiger partial charge in [-0.2, -0.15) is 5.10 Å². The third kappa shape index (κ3) is 2.98. The molecule has 1 aromatic heterocycles. The van der Waals surface area contributed by atoms with Gasteiger partial charge in [-0.15, -0.1) is 12.4 Å². The lowest BCUT2D eigenvalue weighted by Gasteiger charge is -2.17. The highest BCUT2D eigenvalue weighted by molar-refractivity contribution is 9.10. The van der Waals surface area contributed by atoms with Crippen molar-refractivity contribution in [3.63, 3.8) is 0 Å². The fourth-order valence-electron chi connectivity index (χ4n) is 3.65. The highest BCUT2D eigenvalue weighted by Gasteiger charge is 2.38. The van der Waals surface area contributed by atoms with Gasteiger partial charge in [-0.1, -0.05) is 15.9 Å². The van der Waals surface area contributed by atoms with E-state index >= 15 is 0 Å². The topological polar surface area (TPSA) is 50.2 Å². The number of hydrogen-bond donors (Lipinski definition) is 1. The molecule has 2 saturated heterocycles. The SMILES string of the molecule is Cc1c(C(=O)N2C[C@H]3CNC[C@H]3C2)cnn1-c1ccc(Br)cc1.Cl. The Labute approximate surface area is 155 Å². The minimum absolute atomic E-state index is 0. The second kappa shape index (κ2) is 6.86. The van der Waals surface area contributed by atoms with E-state index in [0.29, 0.717) is 17.4 Å². The van der Waals surface area contributed by atoms with Crippen molar-refractivity contribution >= 4 is 34.2 Å². The minimum atomic E-state index is 0. The zero-order valence-corrected chi connectivity index (χ0v) is 15.8. The van der Waals surface area contributed by atoms with Crippen molar-refractivity contribution in [2.45, 2.75) is 6.92 Å². The van der Waals surface area contributed by atoms with Gasteiger partial charge in [-0.25, -0.2) is 4.68 Å². The molecule has 0 bridgehead atoms. The zero-order chi connectivity index (χ0) is 16.0. The molecule has 2 aliphatic rings. The summed E-state index contributed by atoms with van der Waals surface area (Å²) in [6.45, 7) is 5.75. The van der Waals surface area contributed by atoms with Crippen molar-refractivity contribution in [3.8, 4) is 5.69 Å². The van der Waals surface area contributed by atoms with Gasteiger partial charge in [-0.3, -0.25) is 4.79 Å². The largest absolute Gasteiger partial charge is 0.338 e. The van der Waals surface area contributed by atoms with Crippen LogP contribution in [0.3, 0.4) is 0 Å². The van der Waals surface area contributed by atoms with Crippen molar-refractivity contribution < 1.29 is 4.79 Å². The zero-order valence-electron chi connectivity index (χ0n) is 13.4. The molecule has 4 rings (SSSR count). The van der Waals surface area contributed by atoms with Crippen LogP contribution in [0.15, 0.2) is 34.9 Å². The van der Waals surface area contributed by atoms with Gasteiger partial charge in [0.15, 0.2) is 0 Å². The lowest BCUT2D eigenvalue weighted by Crippen LogP contribution is -2.32. The van der Waals surface area contributed by atoms with E-state index in [2.05, 4.69) is 26.3 Å². The number of aromatic nitrogens is 2. The maximum absolute atomic E-state index is 12.8. The summed E-state index contributed by atoms with van der Waals surface area (Å²) in [6, 6.07) is 7.94. The molecule has 24 heavy (non-hydrogen) atoms. The molecule has 2 aliphatic heterocycles. The summed E-state index contributed by atoms with van der Waals surface area (Å²) in [5, 5.41) is 7.83. The number of rotatable bonds is 2. The van der Waals surface area contributed by atoms with Crippen molar-refractivity contribution in [1.82, 2.24) is 20.0 Å². The van der Waals surface area contributed by atoms with E-state index < -0.39 is 0 Å².